The zero-order valence-corrected chi connectivity index (χ0v) is 12.2. The number of methoxy groups -OCH3 is 1. The molecular formula is C15H15ClN2O3. The summed E-state index contributed by atoms with van der Waals surface area (Å²) in [5.41, 5.74) is 1.72. The molecule has 5 nitrogen and oxygen atoms in total. The number of anilines is 1. The van der Waals surface area contributed by atoms with E-state index >= 15 is 0 Å². The molecule has 2 rings (SSSR count). The molecule has 0 spiro atoms. The highest BCUT2D eigenvalue weighted by atomic mass is 35.5. The number of hydrogen-bond donors (Lipinski definition) is 2. The van der Waals surface area contributed by atoms with Crippen LogP contribution in [0.3, 0.4) is 0 Å². The van der Waals surface area contributed by atoms with Crippen LogP contribution in [0.4, 0.5) is 5.69 Å². The summed E-state index contributed by atoms with van der Waals surface area (Å²) in [6.45, 7) is 0. The SMILES string of the molecule is COC(=O)c1ccc(Cl)c(NC(=O)CCc2ccc[nH]2)c1. The molecule has 0 bridgehead atoms. The number of aryl methyl sites for hydroxylation is 1. The van der Waals surface area contributed by atoms with Gasteiger partial charge in [0.05, 0.1) is 23.4 Å². The van der Waals surface area contributed by atoms with Gasteiger partial charge in [-0.3, -0.25) is 4.79 Å². The van der Waals surface area contributed by atoms with E-state index in [4.69, 9.17) is 11.6 Å². The Morgan fingerprint density at radius 3 is 2.81 bits per heavy atom. The summed E-state index contributed by atoms with van der Waals surface area (Å²) in [4.78, 5) is 26.4. The molecule has 0 aliphatic carbocycles. The first-order chi connectivity index (χ1) is 10.1. The van der Waals surface area contributed by atoms with Crippen LogP contribution in [-0.2, 0) is 16.0 Å². The Bertz CT molecular complexity index is 638. The lowest BCUT2D eigenvalue weighted by Crippen LogP contribution is -2.13. The Morgan fingerprint density at radius 2 is 2.14 bits per heavy atom. The summed E-state index contributed by atoms with van der Waals surface area (Å²) in [6.07, 6.45) is 2.73. The Labute approximate surface area is 127 Å². The van der Waals surface area contributed by atoms with Gasteiger partial charge in [-0.1, -0.05) is 11.6 Å². The first-order valence-corrected chi connectivity index (χ1v) is 6.78. The maximum atomic E-state index is 11.9. The summed E-state index contributed by atoms with van der Waals surface area (Å²) in [6, 6.07) is 8.39. The van der Waals surface area contributed by atoms with E-state index in [-0.39, 0.29) is 5.91 Å². The quantitative estimate of drug-likeness (QED) is 0.834. The third-order valence-electron chi connectivity index (χ3n) is 2.95. The molecule has 1 heterocycles. The van der Waals surface area contributed by atoms with Crippen LogP contribution in [0.15, 0.2) is 36.5 Å². The number of aromatic amines is 1. The van der Waals surface area contributed by atoms with Crippen LogP contribution in [0, 0.1) is 0 Å². The molecule has 6 heteroatoms. The second kappa shape index (κ2) is 6.95. The van der Waals surface area contributed by atoms with Crippen LogP contribution in [0.2, 0.25) is 5.02 Å². The minimum Gasteiger partial charge on any atom is -0.465 e. The van der Waals surface area contributed by atoms with Crippen molar-refractivity contribution in [3.05, 3.63) is 52.8 Å². The molecule has 0 atom stereocenters. The van der Waals surface area contributed by atoms with Gasteiger partial charge in [0.2, 0.25) is 5.91 Å². The van der Waals surface area contributed by atoms with Gasteiger partial charge in [0.1, 0.15) is 0 Å². The molecule has 0 radical (unpaired) electrons. The average Bonchev–Trinajstić information content (AvgIpc) is 3.00. The molecular weight excluding hydrogens is 292 g/mol. The van der Waals surface area contributed by atoms with Crippen molar-refractivity contribution in [2.45, 2.75) is 12.8 Å². The highest BCUT2D eigenvalue weighted by Crippen LogP contribution is 2.23. The van der Waals surface area contributed by atoms with Gasteiger partial charge in [0.15, 0.2) is 0 Å². The summed E-state index contributed by atoms with van der Waals surface area (Å²) in [7, 11) is 1.30. The fraction of sp³-hybridized carbons (Fsp3) is 0.200. The summed E-state index contributed by atoms with van der Waals surface area (Å²) in [5.74, 6) is -0.651. The van der Waals surface area contributed by atoms with Gasteiger partial charge in [0, 0.05) is 18.3 Å². The molecule has 1 amide bonds. The number of aromatic nitrogens is 1. The van der Waals surface area contributed by atoms with Crippen molar-refractivity contribution in [2.75, 3.05) is 12.4 Å². The maximum absolute atomic E-state index is 11.9. The normalized spacial score (nSPS) is 10.2. The maximum Gasteiger partial charge on any atom is 0.337 e. The van der Waals surface area contributed by atoms with Crippen LogP contribution in [-0.4, -0.2) is 24.0 Å². The predicted octanol–water partition coefficient (Wildman–Crippen LogP) is 3.03. The topological polar surface area (TPSA) is 71.2 Å². The Balaban J connectivity index is 2.01. The Hall–Kier alpha value is -2.27. The van der Waals surface area contributed by atoms with Crippen molar-refractivity contribution in [3.63, 3.8) is 0 Å². The molecule has 1 aromatic carbocycles. The van der Waals surface area contributed by atoms with Crippen molar-refractivity contribution >= 4 is 29.2 Å². The number of H-pyrrole nitrogens is 1. The van der Waals surface area contributed by atoms with Gasteiger partial charge >= 0.3 is 5.97 Å². The zero-order chi connectivity index (χ0) is 15.2. The molecule has 21 heavy (non-hydrogen) atoms. The standard InChI is InChI=1S/C15H15ClN2O3/c1-21-15(20)10-4-6-12(16)13(9-10)18-14(19)7-5-11-3-2-8-17-11/h2-4,6,8-9,17H,5,7H2,1H3,(H,18,19). The lowest BCUT2D eigenvalue weighted by Gasteiger charge is -2.08. The van der Waals surface area contributed by atoms with E-state index in [1.165, 1.54) is 13.2 Å². The molecule has 1 aromatic heterocycles. The fourth-order valence-electron chi connectivity index (χ4n) is 1.85. The van der Waals surface area contributed by atoms with E-state index in [9.17, 15) is 9.59 Å². The number of carbonyl (C=O) groups excluding carboxylic acids is 2. The van der Waals surface area contributed by atoms with Crippen molar-refractivity contribution in [1.29, 1.82) is 0 Å². The van der Waals surface area contributed by atoms with E-state index < -0.39 is 5.97 Å². The van der Waals surface area contributed by atoms with E-state index in [1.807, 2.05) is 18.3 Å². The summed E-state index contributed by atoms with van der Waals surface area (Å²) < 4.78 is 4.63. The third-order valence-corrected chi connectivity index (χ3v) is 3.27. The van der Waals surface area contributed by atoms with Gasteiger partial charge in [-0.15, -0.1) is 0 Å². The van der Waals surface area contributed by atoms with E-state index in [0.717, 1.165) is 5.69 Å². The minimum absolute atomic E-state index is 0.173. The van der Waals surface area contributed by atoms with Crippen LogP contribution >= 0.6 is 11.6 Å². The predicted molar refractivity (Wildman–Crippen MR) is 80.5 cm³/mol. The number of rotatable bonds is 5. The zero-order valence-electron chi connectivity index (χ0n) is 11.5. The van der Waals surface area contributed by atoms with Crippen LogP contribution in [0.25, 0.3) is 0 Å². The molecule has 0 aliphatic rings. The molecule has 110 valence electrons. The second-order valence-electron chi connectivity index (χ2n) is 4.43. The van der Waals surface area contributed by atoms with Gasteiger partial charge in [0.25, 0.3) is 0 Å². The van der Waals surface area contributed by atoms with Gasteiger partial charge in [-0.25, -0.2) is 4.79 Å². The number of esters is 1. The molecule has 0 unspecified atom stereocenters. The number of halogens is 1. The second-order valence-corrected chi connectivity index (χ2v) is 4.84. The number of ether oxygens (including phenoxy) is 1. The van der Waals surface area contributed by atoms with Gasteiger partial charge < -0.3 is 15.0 Å². The number of hydrogen-bond acceptors (Lipinski definition) is 3. The third kappa shape index (κ3) is 4.10. The first-order valence-electron chi connectivity index (χ1n) is 6.40. The van der Waals surface area contributed by atoms with Gasteiger partial charge in [-0.05, 0) is 36.8 Å². The van der Waals surface area contributed by atoms with Crippen molar-refractivity contribution in [3.8, 4) is 0 Å². The first kappa shape index (κ1) is 15.1. The molecule has 0 saturated carbocycles. The Morgan fingerprint density at radius 1 is 1.33 bits per heavy atom. The highest BCUT2D eigenvalue weighted by Gasteiger charge is 2.11. The van der Waals surface area contributed by atoms with E-state index in [2.05, 4.69) is 15.0 Å². The molecule has 2 N–H and O–H groups in total. The number of carbonyl (C=O) groups is 2. The van der Waals surface area contributed by atoms with Crippen LogP contribution in [0.1, 0.15) is 22.5 Å². The number of benzene rings is 1. The summed E-state index contributed by atoms with van der Waals surface area (Å²) >= 11 is 6.01. The molecule has 0 fully saturated rings. The average molecular weight is 307 g/mol. The fourth-order valence-corrected chi connectivity index (χ4v) is 2.01. The molecule has 0 aliphatic heterocycles. The van der Waals surface area contributed by atoms with Gasteiger partial charge in [-0.2, -0.15) is 0 Å². The van der Waals surface area contributed by atoms with E-state index in [0.29, 0.717) is 29.1 Å². The summed E-state index contributed by atoms with van der Waals surface area (Å²) in [5, 5.41) is 3.07. The van der Waals surface area contributed by atoms with Crippen molar-refractivity contribution in [2.24, 2.45) is 0 Å². The van der Waals surface area contributed by atoms with Crippen LogP contribution in [0.5, 0.6) is 0 Å². The molecule has 0 saturated heterocycles. The van der Waals surface area contributed by atoms with Crippen molar-refractivity contribution < 1.29 is 14.3 Å². The number of amides is 1. The lowest BCUT2D eigenvalue weighted by molar-refractivity contribution is -0.116. The van der Waals surface area contributed by atoms with Crippen LogP contribution < -0.4 is 5.32 Å². The molecule has 2 aromatic rings. The monoisotopic (exact) mass is 306 g/mol. The minimum atomic E-state index is -0.478. The number of nitrogens with one attached hydrogen (secondary N) is 2. The lowest BCUT2D eigenvalue weighted by atomic mass is 10.2. The Kier molecular flexibility index (Phi) is 5.00. The smallest absolute Gasteiger partial charge is 0.337 e. The highest BCUT2D eigenvalue weighted by molar-refractivity contribution is 6.33. The van der Waals surface area contributed by atoms with E-state index in [1.54, 1.807) is 12.1 Å². The largest absolute Gasteiger partial charge is 0.465 e. The van der Waals surface area contributed by atoms with Crippen molar-refractivity contribution in [1.82, 2.24) is 4.98 Å².